The third kappa shape index (κ3) is 6.30. The topological polar surface area (TPSA) is 99.0 Å². The van der Waals surface area contributed by atoms with Gasteiger partial charge in [-0.3, -0.25) is 4.79 Å². The van der Waals surface area contributed by atoms with Crippen molar-refractivity contribution in [1.82, 2.24) is 5.32 Å². The third-order valence-electron chi connectivity index (χ3n) is 2.93. The molecule has 0 radical (unpaired) electrons. The smallest absolute Gasteiger partial charge is 0.311 e. The maximum atomic E-state index is 11.6. The van der Waals surface area contributed by atoms with Crippen molar-refractivity contribution in [2.75, 3.05) is 26.4 Å². The first-order valence-electron chi connectivity index (χ1n) is 6.17. The molecule has 4 N–H and O–H groups in total. The highest BCUT2D eigenvalue weighted by molar-refractivity contribution is 5.75. The SMILES string of the molecule is CCC(C)(C)C(=O)OCC(O)CNC(CO)CO. The number of carbonyl (C=O) groups is 1. The van der Waals surface area contributed by atoms with Crippen LogP contribution >= 0.6 is 0 Å². The Hall–Kier alpha value is -0.690. The van der Waals surface area contributed by atoms with E-state index in [1.165, 1.54) is 0 Å². The van der Waals surface area contributed by atoms with Crippen molar-refractivity contribution in [2.24, 2.45) is 5.41 Å². The molecule has 0 aromatic rings. The molecule has 0 saturated carbocycles. The van der Waals surface area contributed by atoms with Gasteiger partial charge in [0.25, 0.3) is 0 Å². The number of hydrogen-bond donors (Lipinski definition) is 4. The monoisotopic (exact) mass is 263 g/mol. The zero-order valence-corrected chi connectivity index (χ0v) is 11.3. The molecule has 0 aliphatic heterocycles. The average molecular weight is 263 g/mol. The van der Waals surface area contributed by atoms with Crippen molar-refractivity contribution in [1.29, 1.82) is 0 Å². The first kappa shape index (κ1) is 17.3. The van der Waals surface area contributed by atoms with Crippen LogP contribution in [-0.2, 0) is 9.53 Å². The molecular weight excluding hydrogens is 238 g/mol. The van der Waals surface area contributed by atoms with Crippen LogP contribution in [0.5, 0.6) is 0 Å². The number of nitrogens with one attached hydrogen (secondary N) is 1. The minimum Gasteiger partial charge on any atom is -0.462 e. The number of ether oxygens (including phenoxy) is 1. The lowest BCUT2D eigenvalue weighted by Gasteiger charge is -2.22. The number of aliphatic hydroxyl groups excluding tert-OH is 3. The molecule has 0 rings (SSSR count). The van der Waals surface area contributed by atoms with Gasteiger partial charge in [0.15, 0.2) is 0 Å². The Morgan fingerprint density at radius 2 is 1.89 bits per heavy atom. The van der Waals surface area contributed by atoms with Gasteiger partial charge < -0.3 is 25.4 Å². The molecule has 6 heteroatoms. The molecule has 0 amide bonds. The van der Waals surface area contributed by atoms with Crippen molar-refractivity contribution >= 4 is 5.97 Å². The Labute approximate surface area is 108 Å². The Morgan fingerprint density at radius 3 is 2.33 bits per heavy atom. The molecule has 0 aromatic heterocycles. The van der Waals surface area contributed by atoms with Gasteiger partial charge in [-0.25, -0.2) is 0 Å². The standard InChI is InChI=1S/C12H25NO5/c1-4-12(2,3)11(17)18-8-10(16)5-13-9(6-14)7-15/h9-10,13-16H,4-8H2,1-3H3. The van der Waals surface area contributed by atoms with E-state index in [4.69, 9.17) is 14.9 Å². The zero-order chi connectivity index (χ0) is 14.2. The van der Waals surface area contributed by atoms with Gasteiger partial charge in [-0.1, -0.05) is 6.92 Å². The molecule has 0 saturated heterocycles. The largest absolute Gasteiger partial charge is 0.462 e. The minimum atomic E-state index is -0.859. The van der Waals surface area contributed by atoms with Crippen molar-refractivity contribution in [3.05, 3.63) is 0 Å². The number of hydrogen-bond acceptors (Lipinski definition) is 6. The summed E-state index contributed by atoms with van der Waals surface area (Å²) >= 11 is 0. The number of esters is 1. The van der Waals surface area contributed by atoms with Gasteiger partial charge in [0.1, 0.15) is 12.7 Å². The molecule has 18 heavy (non-hydrogen) atoms. The molecule has 0 spiro atoms. The summed E-state index contributed by atoms with van der Waals surface area (Å²) in [6, 6.07) is -0.470. The van der Waals surface area contributed by atoms with E-state index in [0.29, 0.717) is 6.42 Å². The van der Waals surface area contributed by atoms with E-state index in [0.717, 1.165) is 0 Å². The minimum absolute atomic E-state index is 0.0984. The number of rotatable bonds is 9. The van der Waals surface area contributed by atoms with Crippen LogP contribution < -0.4 is 5.32 Å². The van der Waals surface area contributed by atoms with Crippen molar-refractivity contribution in [2.45, 2.75) is 39.3 Å². The Bertz CT molecular complexity index is 241. The van der Waals surface area contributed by atoms with Crippen LogP contribution in [0.15, 0.2) is 0 Å². The third-order valence-corrected chi connectivity index (χ3v) is 2.93. The maximum Gasteiger partial charge on any atom is 0.311 e. The summed E-state index contributed by atoms with van der Waals surface area (Å²) in [4.78, 5) is 11.6. The Morgan fingerprint density at radius 1 is 1.33 bits per heavy atom. The van der Waals surface area contributed by atoms with Gasteiger partial charge in [0.05, 0.1) is 24.7 Å². The van der Waals surface area contributed by atoms with Gasteiger partial charge in [-0.15, -0.1) is 0 Å². The first-order chi connectivity index (χ1) is 8.37. The lowest BCUT2D eigenvalue weighted by atomic mass is 9.91. The average Bonchev–Trinajstić information content (AvgIpc) is 2.36. The van der Waals surface area contributed by atoms with E-state index >= 15 is 0 Å². The van der Waals surface area contributed by atoms with Crippen LogP contribution in [0.4, 0.5) is 0 Å². The fraction of sp³-hybridized carbons (Fsp3) is 0.917. The predicted molar refractivity (Wildman–Crippen MR) is 67.0 cm³/mol. The van der Waals surface area contributed by atoms with E-state index in [9.17, 15) is 9.90 Å². The lowest BCUT2D eigenvalue weighted by Crippen LogP contribution is -2.42. The highest BCUT2D eigenvalue weighted by atomic mass is 16.5. The van der Waals surface area contributed by atoms with Crippen LogP contribution in [0.1, 0.15) is 27.2 Å². The summed E-state index contributed by atoms with van der Waals surface area (Å²) in [6.07, 6.45) is -0.195. The summed E-state index contributed by atoms with van der Waals surface area (Å²) in [7, 11) is 0. The van der Waals surface area contributed by atoms with Crippen LogP contribution in [0.25, 0.3) is 0 Å². The van der Waals surface area contributed by atoms with Gasteiger partial charge in [0.2, 0.25) is 0 Å². The summed E-state index contributed by atoms with van der Waals surface area (Å²) in [5.74, 6) is -0.343. The predicted octanol–water partition coefficient (Wildman–Crippen LogP) is -0.730. The fourth-order valence-corrected chi connectivity index (χ4v) is 1.06. The van der Waals surface area contributed by atoms with E-state index in [1.807, 2.05) is 6.92 Å². The molecule has 108 valence electrons. The van der Waals surface area contributed by atoms with E-state index in [-0.39, 0.29) is 32.3 Å². The number of aliphatic hydroxyl groups is 3. The normalized spacial score (nSPS) is 13.7. The quantitative estimate of drug-likeness (QED) is 0.409. The maximum absolute atomic E-state index is 11.6. The molecule has 1 unspecified atom stereocenters. The second-order valence-electron chi connectivity index (χ2n) is 4.96. The molecule has 0 bridgehead atoms. The summed E-state index contributed by atoms with van der Waals surface area (Å²) in [6.45, 7) is 5.08. The Kier molecular flexibility index (Phi) is 8.10. The van der Waals surface area contributed by atoms with Crippen LogP contribution in [0, 0.1) is 5.41 Å². The van der Waals surface area contributed by atoms with Gasteiger partial charge >= 0.3 is 5.97 Å². The van der Waals surface area contributed by atoms with Crippen molar-refractivity contribution in [3.8, 4) is 0 Å². The van der Waals surface area contributed by atoms with E-state index in [2.05, 4.69) is 5.32 Å². The summed E-state index contributed by atoms with van der Waals surface area (Å²) in [5.41, 5.74) is -0.550. The molecule has 0 aliphatic carbocycles. The van der Waals surface area contributed by atoms with Gasteiger partial charge in [-0.05, 0) is 20.3 Å². The van der Waals surface area contributed by atoms with E-state index in [1.54, 1.807) is 13.8 Å². The molecular formula is C12H25NO5. The fourth-order valence-electron chi connectivity index (χ4n) is 1.06. The molecule has 0 fully saturated rings. The summed E-state index contributed by atoms with van der Waals surface area (Å²) < 4.78 is 5.01. The molecule has 6 nitrogen and oxygen atoms in total. The van der Waals surface area contributed by atoms with Gasteiger partial charge in [0, 0.05) is 6.54 Å². The number of carbonyl (C=O) groups excluding carboxylic acids is 1. The molecule has 0 aromatic carbocycles. The van der Waals surface area contributed by atoms with Gasteiger partial charge in [-0.2, -0.15) is 0 Å². The van der Waals surface area contributed by atoms with Crippen molar-refractivity contribution < 1.29 is 24.9 Å². The highest BCUT2D eigenvalue weighted by Gasteiger charge is 2.27. The highest BCUT2D eigenvalue weighted by Crippen LogP contribution is 2.21. The second kappa shape index (κ2) is 8.42. The van der Waals surface area contributed by atoms with Crippen LogP contribution in [-0.4, -0.2) is 59.8 Å². The molecule has 0 aliphatic rings. The first-order valence-corrected chi connectivity index (χ1v) is 6.17. The second-order valence-corrected chi connectivity index (χ2v) is 4.96. The summed E-state index contributed by atoms with van der Waals surface area (Å²) in [5, 5.41) is 29.9. The molecule has 0 heterocycles. The van der Waals surface area contributed by atoms with Crippen LogP contribution in [0.2, 0.25) is 0 Å². The Balaban J connectivity index is 3.90. The van der Waals surface area contributed by atoms with E-state index < -0.39 is 17.6 Å². The molecule has 1 atom stereocenters. The van der Waals surface area contributed by atoms with Crippen molar-refractivity contribution in [3.63, 3.8) is 0 Å². The van der Waals surface area contributed by atoms with Crippen LogP contribution in [0.3, 0.4) is 0 Å². The zero-order valence-electron chi connectivity index (χ0n) is 11.3. The lowest BCUT2D eigenvalue weighted by molar-refractivity contribution is -0.157.